The van der Waals surface area contributed by atoms with Crippen LogP contribution in [0.5, 0.6) is 5.75 Å². The molecule has 1 heterocycles. The Morgan fingerprint density at radius 1 is 1.28 bits per heavy atom. The van der Waals surface area contributed by atoms with Crippen molar-refractivity contribution in [2.45, 2.75) is 39.8 Å². The molecule has 0 radical (unpaired) electrons. The monoisotopic (exact) mass is 249 g/mol. The lowest BCUT2D eigenvalue weighted by Crippen LogP contribution is -2.45. The van der Waals surface area contributed by atoms with Gasteiger partial charge in [0.1, 0.15) is 18.5 Å². The normalized spacial score (nSPS) is 22.8. The number of aliphatic hydroxyl groups excluding tert-OH is 1. The minimum atomic E-state index is -0.451. The largest absolute Gasteiger partial charge is 0.491 e. The molecule has 1 N–H and O–H groups in total. The number of rotatable bonds is 3. The predicted octanol–water partition coefficient (Wildman–Crippen LogP) is 2.44. The van der Waals surface area contributed by atoms with Crippen LogP contribution in [0.2, 0.25) is 0 Å². The highest BCUT2D eigenvalue weighted by molar-refractivity contribution is 5.48. The molecule has 0 saturated heterocycles. The van der Waals surface area contributed by atoms with Crippen LogP contribution < -0.4 is 4.74 Å². The van der Waals surface area contributed by atoms with Gasteiger partial charge < -0.3 is 9.84 Å². The van der Waals surface area contributed by atoms with Crippen molar-refractivity contribution >= 4 is 0 Å². The van der Waals surface area contributed by atoms with Crippen LogP contribution in [0.25, 0.3) is 0 Å². The SMILES string of the molecule is CCN(CC)C1COc2c(ccc(C)c2C)C1O. The highest BCUT2D eigenvalue weighted by Gasteiger charge is 2.33. The molecular weight excluding hydrogens is 226 g/mol. The lowest BCUT2D eigenvalue weighted by atomic mass is 9.94. The fourth-order valence-electron chi connectivity index (χ4n) is 2.70. The van der Waals surface area contributed by atoms with Gasteiger partial charge in [0.25, 0.3) is 0 Å². The van der Waals surface area contributed by atoms with E-state index < -0.39 is 6.10 Å². The minimum absolute atomic E-state index is 0.0645. The third-order valence-corrected chi connectivity index (χ3v) is 4.07. The van der Waals surface area contributed by atoms with Crippen LogP contribution in [-0.2, 0) is 0 Å². The maximum atomic E-state index is 10.5. The molecule has 100 valence electrons. The number of fused-ring (bicyclic) bond motifs is 1. The van der Waals surface area contributed by atoms with Crippen molar-refractivity contribution in [1.82, 2.24) is 4.90 Å². The summed E-state index contributed by atoms with van der Waals surface area (Å²) >= 11 is 0. The Labute approximate surface area is 109 Å². The van der Waals surface area contributed by atoms with E-state index in [1.54, 1.807) is 0 Å². The summed E-state index contributed by atoms with van der Waals surface area (Å²) in [5.74, 6) is 0.880. The van der Waals surface area contributed by atoms with E-state index in [4.69, 9.17) is 4.74 Å². The first-order valence-electron chi connectivity index (χ1n) is 6.75. The van der Waals surface area contributed by atoms with Gasteiger partial charge in [-0.3, -0.25) is 4.90 Å². The lowest BCUT2D eigenvalue weighted by molar-refractivity contribution is 0.00754. The van der Waals surface area contributed by atoms with Crippen molar-refractivity contribution in [2.24, 2.45) is 0 Å². The zero-order chi connectivity index (χ0) is 13.3. The van der Waals surface area contributed by atoms with Crippen LogP contribution >= 0.6 is 0 Å². The molecule has 0 spiro atoms. The van der Waals surface area contributed by atoms with Gasteiger partial charge in [-0.05, 0) is 38.1 Å². The summed E-state index contributed by atoms with van der Waals surface area (Å²) in [5, 5.41) is 10.5. The molecule has 2 rings (SSSR count). The quantitative estimate of drug-likeness (QED) is 0.893. The average Bonchev–Trinajstić information content (AvgIpc) is 2.38. The molecule has 0 bridgehead atoms. The second-order valence-corrected chi connectivity index (χ2v) is 4.97. The summed E-state index contributed by atoms with van der Waals surface area (Å²) < 4.78 is 5.90. The van der Waals surface area contributed by atoms with Crippen molar-refractivity contribution in [1.29, 1.82) is 0 Å². The van der Waals surface area contributed by atoms with Crippen LogP contribution in [-0.4, -0.2) is 35.7 Å². The van der Waals surface area contributed by atoms with Gasteiger partial charge in [-0.1, -0.05) is 26.0 Å². The third-order valence-electron chi connectivity index (χ3n) is 4.07. The van der Waals surface area contributed by atoms with Crippen molar-refractivity contribution in [2.75, 3.05) is 19.7 Å². The van der Waals surface area contributed by atoms with Gasteiger partial charge in [0.15, 0.2) is 0 Å². The molecule has 1 aliphatic heterocycles. The van der Waals surface area contributed by atoms with Crippen LogP contribution in [0.4, 0.5) is 0 Å². The highest BCUT2D eigenvalue weighted by Crippen LogP contribution is 2.37. The first-order chi connectivity index (χ1) is 8.60. The lowest BCUT2D eigenvalue weighted by Gasteiger charge is -2.38. The fraction of sp³-hybridized carbons (Fsp3) is 0.600. The topological polar surface area (TPSA) is 32.7 Å². The molecule has 0 amide bonds. The number of benzene rings is 1. The van der Waals surface area contributed by atoms with Gasteiger partial charge in [0, 0.05) is 5.56 Å². The molecule has 0 fully saturated rings. The van der Waals surface area contributed by atoms with E-state index in [2.05, 4.69) is 38.7 Å². The zero-order valence-corrected chi connectivity index (χ0v) is 11.7. The van der Waals surface area contributed by atoms with Gasteiger partial charge in [-0.15, -0.1) is 0 Å². The van der Waals surface area contributed by atoms with Gasteiger partial charge in [0.2, 0.25) is 0 Å². The molecule has 18 heavy (non-hydrogen) atoms. The molecular formula is C15H23NO2. The Bertz CT molecular complexity index is 427. The zero-order valence-electron chi connectivity index (χ0n) is 11.7. The minimum Gasteiger partial charge on any atom is -0.491 e. The Morgan fingerprint density at radius 3 is 2.56 bits per heavy atom. The maximum absolute atomic E-state index is 10.5. The maximum Gasteiger partial charge on any atom is 0.128 e. The number of hydrogen-bond donors (Lipinski definition) is 1. The smallest absolute Gasteiger partial charge is 0.128 e. The van der Waals surface area contributed by atoms with E-state index in [1.165, 1.54) is 5.56 Å². The number of likely N-dealkylation sites (N-methyl/N-ethyl adjacent to an activating group) is 1. The van der Waals surface area contributed by atoms with Gasteiger partial charge in [0.05, 0.1) is 6.04 Å². The van der Waals surface area contributed by atoms with Crippen LogP contribution in [0.3, 0.4) is 0 Å². The van der Waals surface area contributed by atoms with E-state index in [1.807, 2.05) is 6.07 Å². The van der Waals surface area contributed by atoms with E-state index in [0.717, 1.165) is 30.0 Å². The van der Waals surface area contributed by atoms with Gasteiger partial charge in [-0.25, -0.2) is 0 Å². The summed E-state index contributed by atoms with van der Waals surface area (Å²) in [7, 11) is 0. The number of ether oxygens (including phenoxy) is 1. The van der Waals surface area contributed by atoms with Gasteiger partial charge in [-0.2, -0.15) is 0 Å². The highest BCUT2D eigenvalue weighted by atomic mass is 16.5. The van der Waals surface area contributed by atoms with Crippen molar-refractivity contribution in [3.05, 3.63) is 28.8 Å². The first kappa shape index (κ1) is 13.4. The van der Waals surface area contributed by atoms with E-state index in [0.29, 0.717) is 6.61 Å². The molecule has 0 aromatic heterocycles. The summed E-state index contributed by atoms with van der Waals surface area (Å²) in [6, 6.07) is 4.12. The molecule has 2 unspecified atom stereocenters. The van der Waals surface area contributed by atoms with Gasteiger partial charge >= 0.3 is 0 Å². The number of hydrogen-bond acceptors (Lipinski definition) is 3. The standard InChI is InChI=1S/C15H23NO2/c1-5-16(6-2)13-9-18-15-11(4)10(3)7-8-12(15)14(13)17/h7-8,13-14,17H,5-6,9H2,1-4H3. The van der Waals surface area contributed by atoms with Crippen LogP contribution in [0.1, 0.15) is 36.6 Å². The predicted molar refractivity (Wildman–Crippen MR) is 73.1 cm³/mol. The Kier molecular flexibility index (Phi) is 3.93. The number of nitrogens with zero attached hydrogens (tertiary/aromatic N) is 1. The summed E-state index contributed by atoms with van der Waals surface area (Å²) in [6.45, 7) is 10.8. The molecule has 3 nitrogen and oxygen atoms in total. The molecule has 1 aliphatic rings. The third kappa shape index (κ3) is 2.13. The number of aryl methyl sites for hydroxylation is 1. The fourth-order valence-corrected chi connectivity index (χ4v) is 2.70. The summed E-state index contributed by atoms with van der Waals surface area (Å²) in [4.78, 5) is 2.25. The van der Waals surface area contributed by atoms with Crippen molar-refractivity contribution in [3.8, 4) is 5.75 Å². The molecule has 0 aliphatic carbocycles. The Hall–Kier alpha value is -1.06. The Balaban J connectivity index is 2.34. The number of aliphatic hydroxyl groups is 1. The molecule has 1 aromatic rings. The summed E-state index contributed by atoms with van der Waals surface area (Å²) in [6.07, 6.45) is -0.451. The second-order valence-electron chi connectivity index (χ2n) is 4.97. The van der Waals surface area contributed by atoms with Crippen molar-refractivity contribution in [3.63, 3.8) is 0 Å². The van der Waals surface area contributed by atoms with Crippen molar-refractivity contribution < 1.29 is 9.84 Å². The van der Waals surface area contributed by atoms with Crippen LogP contribution in [0, 0.1) is 13.8 Å². The molecule has 1 aromatic carbocycles. The van der Waals surface area contributed by atoms with E-state index in [9.17, 15) is 5.11 Å². The molecule has 2 atom stereocenters. The van der Waals surface area contributed by atoms with E-state index >= 15 is 0 Å². The molecule has 3 heteroatoms. The van der Waals surface area contributed by atoms with Crippen LogP contribution in [0.15, 0.2) is 12.1 Å². The first-order valence-corrected chi connectivity index (χ1v) is 6.75. The summed E-state index contributed by atoms with van der Waals surface area (Å²) in [5.41, 5.74) is 3.29. The Morgan fingerprint density at radius 2 is 1.94 bits per heavy atom. The van der Waals surface area contributed by atoms with E-state index in [-0.39, 0.29) is 6.04 Å². The molecule has 0 saturated carbocycles. The average molecular weight is 249 g/mol. The second kappa shape index (κ2) is 5.29.